The summed E-state index contributed by atoms with van der Waals surface area (Å²) in [6.45, 7) is 0.216. The van der Waals surface area contributed by atoms with Gasteiger partial charge >= 0.3 is 6.18 Å². The summed E-state index contributed by atoms with van der Waals surface area (Å²) in [4.78, 5) is 11.5. The average Bonchev–Trinajstić information content (AvgIpc) is 2.66. The van der Waals surface area contributed by atoms with Crippen LogP contribution in [-0.4, -0.2) is 38.8 Å². The number of hydrogen-bond acceptors (Lipinski definition) is 5. The minimum atomic E-state index is -4.58. The number of aliphatic hydroxyl groups is 1. The van der Waals surface area contributed by atoms with E-state index >= 15 is 0 Å². The number of sulfonamides is 1. The van der Waals surface area contributed by atoms with E-state index in [1.54, 1.807) is 12.2 Å². The molecule has 11 heteroatoms. The van der Waals surface area contributed by atoms with Gasteiger partial charge in [0.25, 0.3) is 15.9 Å². The van der Waals surface area contributed by atoms with Crippen molar-refractivity contribution >= 4 is 21.6 Å². The van der Waals surface area contributed by atoms with Crippen molar-refractivity contribution in [1.29, 1.82) is 0 Å². The first kappa shape index (κ1) is 22.5. The first-order valence-electron chi connectivity index (χ1n) is 8.40. The van der Waals surface area contributed by atoms with Gasteiger partial charge in [-0.2, -0.15) is 13.2 Å². The largest absolute Gasteiger partial charge is 0.494 e. The number of aliphatic hydroxyl groups excluding tert-OH is 1. The zero-order chi connectivity index (χ0) is 21.7. The van der Waals surface area contributed by atoms with E-state index in [4.69, 9.17) is 4.74 Å². The number of benzene rings is 2. The lowest BCUT2D eigenvalue weighted by Gasteiger charge is -2.13. The zero-order valence-electron chi connectivity index (χ0n) is 15.3. The lowest BCUT2D eigenvalue weighted by molar-refractivity contribution is -0.123. The molecule has 0 radical (unpaired) electrons. The van der Waals surface area contributed by atoms with Gasteiger partial charge in [-0.05, 0) is 43.3 Å². The van der Waals surface area contributed by atoms with Gasteiger partial charge < -0.3 is 15.2 Å². The number of ether oxygens (including phenoxy) is 1. The molecule has 0 atom stereocenters. The number of nitrogens with one attached hydrogen (secondary N) is 2. The van der Waals surface area contributed by atoms with Crippen molar-refractivity contribution in [1.82, 2.24) is 5.32 Å². The van der Waals surface area contributed by atoms with Crippen LogP contribution in [0.2, 0.25) is 0 Å². The summed E-state index contributed by atoms with van der Waals surface area (Å²) >= 11 is 0. The van der Waals surface area contributed by atoms with Gasteiger partial charge in [-0.25, -0.2) is 8.42 Å². The Morgan fingerprint density at radius 1 is 1.17 bits per heavy atom. The molecule has 0 bridgehead atoms. The minimum absolute atomic E-state index is 0.143. The van der Waals surface area contributed by atoms with Crippen LogP contribution in [0.4, 0.5) is 18.9 Å². The van der Waals surface area contributed by atoms with Gasteiger partial charge in [-0.1, -0.05) is 6.07 Å². The lowest BCUT2D eigenvalue weighted by atomic mass is 10.2. The van der Waals surface area contributed by atoms with E-state index in [2.05, 4.69) is 4.72 Å². The first-order valence-corrected chi connectivity index (χ1v) is 9.88. The number of alkyl halides is 3. The van der Waals surface area contributed by atoms with Crippen LogP contribution in [0.25, 0.3) is 0 Å². The number of anilines is 1. The summed E-state index contributed by atoms with van der Waals surface area (Å²) in [5.74, 6) is -0.649. The van der Waals surface area contributed by atoms with Crippen molar-refractivity contribution < 1.29 is 36.2 Å². The maximum Gasteiger partial charge on any atom is 0.405 e. The fourth-order valence-corrected chi connectivity index (χ4v) is 3.46. The number of rotatable bonds is 8. The fourth-order valence-electron chi connectivity index (χ4n) is 2.36. The second-order valence-corrected chi connectivity index (χ2v) is 7.53. The summed E-state index contributed by atoms with van der Waals surface area (Å²) in [7, 11) is -4.14. The molecule has 2 aromatic carbocycles. The topological polar surface area (TPSA) is 105 Å². The number of amides is 1. The van der Waals surface area contributed by atoms with Crippen LogP contribution in [0.15, 0.2) is 47.4 Å². The van der Waals surface area contributed by atoms with E-state index in [1.807, 2.05) is 0 Å². The maximum atomic E-state index is 12.6. The van der Waals surface area contributed by atoms with Crippen molar-refractivity contribution in [3.8, 4) is 5.75 Å². The molecule has 0 aliphatic heterocycles. The summed E-state index contributed by atoms with van der Waals surface area (Å²) < 4.78 is 69.5. The maximum absolute atomic E-state index is 12.6. The third kappa shape index (κ3) is 6.36. The van der Waals surface area contributed by atoms with E-state index in [1.165, 1.54) is 36.4 Å². The summed E-state index contributed by atoms with van der Waals surface area (Å²) in [6, 6.07) is 8.93. The van der Waals surface area contributed by atoms with E-state index in [0.717, 1.165) is 6.07 Å². The van der Waals surface area contributed by atoms with E-state index in [-0.39, 0.29) is 22.8 Å². The molecule has 0 saturated carbocycles. The molecule has 0 aliphatic carbocycles. The highest BCUT2D eigenvalue weighted by atomic mass is 32.2. The first-order chi connectivity index (χ1) is 13.6. The zero-order valence-corrected chi connectivity index (χ0v) is 16.1. The molecule has 0 heterocycles. The fraction of sp³-hybridized carbons (Fsp3) is 0.278. The van der Waals surface area contributed by atoms with Crippen LogP contribution in [0, 0.1) is 0 Å². The molecule has 1 amide bonds. The normalized spacial score (nSPS) is 11.8. The smallest absolute Gasteiger partial charge is 0.405 e. The molecule has 2 aromatic rings. The SMILES string of the molecule is CCOc1ccc(NS(=O)(=O)c2cccc(C(=O)NCC(F)(F)F)c2)cc1CO. The highest BCUT2D eigenvalue weighted by Crippen LogP contribution is 2.25. The summed E-state index contributed by atoms with van der Waals surface area (Å²) in [5.41, 5.74) is 0.275. The van der Waals surface area contributed by atoms with Crippen molar-refractivity contribution in [2.45, 2.75) is 24.6 Å². The Bertz CT molecular complexity index is 978. The third-order valence-electron chi connectivity index (χ3n) is 3.64. The molecule has 0 unspecified atom stereocenters. The number of carbonyl (C=O) groups is 1. The van der Waals surface area contributed by atoms with Crippen molar-refractivity contribution in [2.75, 3.05) is 17.9 Å². The molecule has 0 fully saturated rings. The number of halogens is 3. The predicted octanol–water partition coefficient (Wildman–Crippen LogP) is 2.67. The van der Waals surface area contributed by atoms with E-state index < -0.39 is 28.7 Å². The van der Waals surface area contributed by atoms with Crippen LogP contribution < -0.4 is 14.8 Å². The van der Waals surface area contributed by atoms with Gasteiger partial charge in [-0.3, -0.25) is 9.52 Å². The molecule has 158 valence electrons. The Hall–Kier alpha value is -2.79. The Balaban J connectivity index is 2.22. The van der Waals surface area contributed by atoms with Gasteiger partial charge in [0.05, 0.1) is 18.1 Å². The van der Waals surface area contributed by atoms with Gasteiger partial charge in [-0.15, -0.1) is 0 Å². The quantitative estimate of drug-likeness (QED) is 0.595. The highest BCUT2D eigenvalue weighted by molar-refractivity contribution is 7.92. The second-order valence-electron chi connectivity index (χ2n) is 5.84. The molecule has 0 aromatic heterocycles. The van der Waals surface area contributed by atoms with Gasteiger partial charge in [0.15, 0.2) is 0 Å². The van der Waals surface area contributed by atoms with Crippen LogP contribution in [-0.2, 0) is 16.6 Å². The average molecular weight is 432 g/mol. The van der Waals surface area contributed by atoms with Gasteiger partial charge in [0.2, 0.25) is 0 Å². The standard InChI is InChI=1S/C18H19F3N2O5S/c1-2-28-16-7-6-14(8-13(16)10-24)23-29(26,27)15-5-3-4-12(9-15)17(25)22-11-18(19,20)21/h3-9,23-24H,2,10-11H2,1H3,(H,22,25). The van der Waals surface area contributed by atoms with E-state index in [9.17, 15) is 31.5 Å². The molecule has 7 nitrogen and oxygen atoms in total. The van der Waals surface area contributed by atoms with Crippen LogP contribution >= 0.6 is 0 Å². The highest BCUT2D eigenvalue weighted by Gasteiger charge is 2.28. The van der Waals surface area contributed by atoms with Crippen molar-refractivity contribution in [3.63, 3.8) is 0 Å². The van der Waals surface area contributed by atoms with Crippen molar-refractivity contribution in [2.24, 2.45) is 0 Å². The third-order valence-corrected chi connectivity index (χ3v) is 5.02. The molecule has 0 spiro atoms. The molecule has 0 aliphatic rings. The Morgan fingerprint density at radius 2 is 1.90 bits per heavy atom. The van der Waals surface area contributed by atoms with E-state index in [0.29, 0.717) is 17.9 Å². The summed E-state index contributed by atoms with van der Waals surface area (Å²) in [5, 5.41) is 11.1. The van der Waals surface area contributed by atoms with Crippen LogP contribution in [0.1, 0.15) is 22.8 Å². The van der Waals surface area contributed by atoms with Crippen LogP contribution in [0.3, 0.4) is 0 Å². The lowest BCUT2D eigenvalue weighted by Crippen LogP contribution is -2.33. The molecular formula is C18H19F3N2O5S. The molecule has 0 saturated heterocycles. The van der Waals surface area contributed by atoms with Gasteiger partial charge in [0, 0.05) is 16.8 Å². The Kier molecular flexibility index (Phi) is 7.09. The number of hydrogen-bond donors (Lipinski definition) is 3. The van der Waals surface area contributed by atoms with Gasteiger partial charge in [0.1, 0.15) is 12.3 Å². The molecule has 2 rings (SSSR count). The Labute approximate surface area is 165 Å². The van der Waals surface area contributed by atoms with Crippen LogP contribution in [0.5, 0.6) is 5.75 Å². The molecular weight excluding hydrogens is 413 g/mol. The molecule has 3 N–H and O–H groups in total. The monoisotopic (exact) mass is 432 g/mol. The molecule has 29 heavy (non-hydrogen) atoms. The Morgan fingerprint density at radius 3 is 2.52 bits per heavy atom. The van der Waals surface area contributed by atoms with Crippen molar-refractivity contribution in [3.05, 3.63) is 53.6 Å². The summed E-state index contributed by atoms with van der Waals surface area (Å²) in [6.07, 6.45) is -4.58. The predicted molar refractivity (Wildman–Crippen MR) is 99.2 cm³/mol. The second kappa shape index (κ2) is 9.14. The number of carbonyl (C=O) groups excluding carboxylic acids is 1. The minimum Gasteiger partial charge on any atom is -0.494 e.